The van der Waals surface area contributed by atoms with Gasteiger partial charge < -0.3 is 9.88 Å². The van der Waals surface area contributed by atoms with E-state index < -0.39 is 12.2 Å². The minimum absolute atomic E-state index is 0.299. The molecule has 2 rings (SSSR count). The topological polar surface area (TPSA) is 46.9 Å². The van der Waals surface area contributed by atoms with Crippen molar-refractivity contribution in [1.29, 1.82) is 0 Å². The molecule has 1 N–H and O–H groups in total. The Balaban J connectivity index is 2.13. The van der Waals surface area contributed by atoms with E-state index in [0.29, 0.717) is 11.6 Å². The van der Waals surface area contributed by atoms with E-state index >= 15 is 0 Å². The number of rotatable bonds is 3. The smallest absolute Gasteiger partial charge is 0.271 e. The summed E-state index contributed by atoms with van der Waals surface area (Å²) in [7, 11) is 0. The SMILES string of the molecule is CC1CCn2cc(C(=O)NC(C)(C)CF)nc2C1. The Hall–Kier alpha value is -1.39. The number of aromatic nitrogens is 2. The Morgan fingerprint density at radius 1 is 1.67 bits per heavy atom. The first kappa shape index (κ1) is 13.1. The van der Waals surface area contributed by atoms with E-state index in [1.807, 2.05) is 4.57 Å². The normalized spacial score (nSPS) is 19.4. The summed E-state index contributed by atoms with van der Waals surface area (Å²) in [5.41, 5.74) is -0.449. The fourth-order valence-electron chi connectivity index (χ4n) is 2.10. The minimum atomic E-state index is -0.839. The first-order valence-corrected chi connectivity index (χ1v) is 6.36. The highest BCUT2D eigenvalue weighted by Gasteiger charge is 2.24. The third-order valence-corrected chi connectivity index (χ3v) is 3.27. The predicted molar refractivity (Wildman–Crippen MR) is 67.2 cm³/mol. The second-order valence-corrected chi connectivity index (χ2v) is 5.81. The zero-order valence-corrected chi connectivity index (χ0v) is 11.2. The molecule has 0 aliphatic carbocycles. The van der Waals surface area contributed by atoms with Crippen LogP contribution in [0.5, 0.6) is 0 Å². The summed E-state index contributed by atoms with van der Waals surface area (Å²) < 4.78 is 14.7. The lowest BCUT2D eigenvalue weighted by atomic mass is 10.0. The van der Waals surface area contributed by atoms with Crippen LogP contribution in [0, 0.1) is 5.92 Å². The quantitative estimate of drug-likeness (QED) is 0.895. The van der Waals surface area contributed by atoms with Gasteiger partial charge in [-0.15, -0.1) is 0 Å². The Morgan fingerprint density at radius 2 is 2.39 bits per heavy atom. The number of hydrogen-bond donors (Lipinski definition) is 1. The highest BCUT2D eigenvalue weighted by atomic mass is 19.1. The highest BCUT2D eigenvalue weighted by Crippen LogP contribution is 2.19. The zero-order valence-electron chi connectivity index (χ0n) is 11.2. The van der Waals surface area contributed by atoms with Gasteiger partial charge in [-0.25, -0.2) is 9.37 Å². The van der Waals surface area contributed by atoms with Gasteiger partial charge in [-0.2, -0.15) is 0 Å². The molecule has 5 heteroatoms. The van der Waals surface area contributed by atoms with Crippen LogP contribution in [0.4, 0.5) is 4.39 Å². The standard InChI is InChI=1S/C13H20FN3O/c1-9-4-5-17-7-10(15-11(17)6-9)12(18)16-13(2,3)8-14/h7,9H,4-6,8H2,1-3H3,(H,16,18). The predicted octanol–water partition coefficient (Wildman–Crippen LogP) is 1.94. The van der Waals surface area contributed by atoms with Crippen LogP contribution in [0.1, 0.15) is 43.5 Å². The molecule has 0 spiro atoms. The van der Waals surface area contributed by atoms with Gasteiger partial charge in [-0.3, -0.25) is 4.79 Å². The molecule has 2 heterocycles. The first-order valence-electron chi connectivity index (χ1n) is 6.36. The summed E-state index contributed by atoms with van der Waals surface area (Å²) in [4.78, 5) is 16.3. The molecule has 0 radical (unpaired) electrons. The number of nitrogens with one attached hydrogen (secondary N) is 1. The monoisotopic (exact) mass is 253 g/mol. The van der Waals surface area contributed by atoms with E-state index in [2.05, 4.69) is 17.2 Å². The number of aryl methyl sites for hydroxylation is 1. The summed E-state index contributed by atoms with van der Waals surface area (Å²) in [6.07, 6.45) is 3.78. The molecule has 1 aliphatic heterocycles. The second-order valence-electron chi connectivity index (χ2n) is 5.81. The number of imidazole rings is 1. The van der Waals surface area contributed by atoms with Gasteiger partial charge in [0.25, 0.3) is 5.91 Å². The van der Waals surface area contributed by atoms with Crippen LogP contribution in [0.15, 0.2) is 6.20 Å². The maximum Gasteiger partial charge on any atom is 0.271 e. The van der Waals surface area contributed by atoms with E-state index in [1.54, 1.807) is 20.0 Å². The van der Waals surface area contributed by atoms with Crippen LogP contribution in [0.3, 0.4) is 0 Å². The van der Waals surface area contributed by atoms with Crippen LogP contribution >= 0.6 is 0 Å². The van der Waals surface area contributed by atoms with Crippen molar-refractivity contribution in [2.24, 2.45) is 5.92 Å². The maximum absolute atomic E-state index is 12.7. The first-order chi connectivity index (χ1) is 8.41. The van der Waals surface area contributed by atoms with Crippen molar-refractivity contribution in [3.05, 3.63) is 17.7 Å². The van der Waals surface area contributed by atoms with Gasteiger partial charge in [0, 0.05) is 19.2 Å². The van der Waals surface area contributed by atoms with E-state index in [4.69, 9.17) is 0 Å². The van der Waals surface area contributed by atoms with Gasteiger partial charge in [0.15, 0.2) is 0 Å². The second kappa shape index (κ2) is 4.71. The maximum atomic E-state index is 12.7. The fourth-order valence-corrected chi connectivity index (χ4v) is 2.10. The Labute approximate surface area is 107 Å². The molecule has 0 bridgehead atoms. The van der Waals surface area contributed by atoms with Crippen molar-refractivity contribution in [1.82, 2.24) is 14.9 Å². The summed E-state index contributed by atoms with van der Waals surface area (Å²) >= 11 is 0. The molecule has 0 fully saturated rings. The van der Waals surface area contributed by atoms with Gasteiger partial charge in [0.2, 0.25) is 0 Å². The van der Waals surface area contributed by atoms with Crippen molar-refractivity contribution in [2.75, 3.05) is 6.67 Å². The van der Waals surface area contributed by atoms with Crippen LogP contribution in [-0.4, -0.2) is 27.7 Å². The molecule has 0 saturated heterocycles. The molecule has 100 valence electrons. The molecule has 18 heavy (non-hydrogen) atoms. The lowest BCUT2D eigenvalue weighted by Gasteiger charge is -2.21. The van der Waals surface area contributed by atoms with Crippen LogP contribution in [-0.2, 0) is 13.0 Å². The summed E-state index contributed by atoms with van der Waals surface area (Å²) in [5.74, 6) is 1.27. The number of halogens is 1. The Kier molecular flexibility index (Phi) is 3.41. The van der Waals surface area contributed by atoms with Crippen LogP contribution in [0.25, 0.3) is 0 Å². The minimum Gasteiger partial charge on any atom is -0.343 e. The molecule has 1 aromatic heterocycles. The van der Waals surface area contributed by atoms with Gasteiger partial charge in [0.1, 0.15) is 18.2 Å². The molecule has 1 aliphatic rings. The Bertz CT molecular complexity index is 453. The molecule has 0 saturated carbocycles. The van der Waals surface area contributed by atoms with Crippen LogP contribution in [0.2, 0.25) is 0 Å². The molecule has 1 unspecified atom stereocenters. The van der Waals surface area contributed by atoms with Gasteiger partial charge in [0.05, 0.1) is 5.54 Å². The molecular weight excluding hydrogens is 233 g/mol. The van der Waals surface area contributed by atoms with E-state index in [9.17, 15) is 9.18 Å². The number of carbonyl (C=O) groups is 1. The highest BCUT2D eigenvalue weighted by molar-refractivity contribution is 5.92. The molecule has 1 atom stereocenters. The number of fused-ring (bicyclic) bond motifs is 1. The van der Waals surface area contributed by atoms with E-state index in [1.165, 1.54) is 0 Å². The van der Waals surface area contributed by atoms with Crippen molar-refractivity contribution in [2.45, 2.75) is 45.7 Å². The largest absolute Gasteiger partial charge is 0.343 e. The summed E-state index contributed by atoms with van der Waals surface area (Å²) in [6, 6.07) is 0. The third kappa shape index (κ3) is 2.71. The molecule has 1 aromatic rings. The molecule has 1 amide bonds. The van der Waals surface area contributed by atoms with Gasteiger partial charge >= 0.3 is 0 Å². The average molecular weight is 253 g/mol. The number of amides is 1. The zero-order chi connectivity index (χ0) is 13.3. The lowest BCUT2D eigenvalue weighted by molar-refractivity contribution is 0.0894. The average Bonchev–Trinajstić information content (AvgIpc) is 2.71. The van der Waals surface area contributed by atoms with Crippen molar-refractivity contribution >= 4 is 5.91 Å². The van der Waals surface area contributed by atoms with Gasteiger partial charge in [-0.1, -0.05) is 6.92 Å². The number of carbonyl (C=O) groups excluding carboxylic acids is 1. The summed E-state index contributed by atoms with van der Waals surface area (Å²) in [5, 5.41) is 2.65. The molecular formula is C13H20FN3O. The van der Waals surface area contributed by atoms with Crippen molar-refractivity contribution in [3.8, 4) is 0 Å². The van der Waals surface area contributed by atoms with E-state index in [0.717, 1.165) is 25.2 Å². The summed E-state index contributed by atoms with van der Waals surface area (Å²) in [6.45, 7) is 5.81. The van der Waals surface area contributed by atoms with Crippen molar-refractivity contribution < 1.29 is 9.18 Å². The molecule has 0 aromatic carbocycles. The number of nitrogens with zero attached hydrogens (tertiary/aromatic N) is 2. The van der Waals surface area contributed by atoms with Gasteiger partial charge in [-0.05, 0) is 26.2 Å². The van der Waals surface area contributed by atoms with E-state index in [-0.39, 0.29) is 5.91 Å². The van der Waals surface area contributed by atoms with Crippen molar-refractivity contribution in [3.63, 3.8) is 0 Å². The third-order valence-electron chi connectivity index (χ3n) is 3.27. The molecule has 4 nitrogen and oxygen atoms in total. The lowest BCUT2D eigenvalue weighted by Crippen LogP contribution is -2.45. The number of alkyl halides is 1. The Morgan fingerprint density at radius 3 is 3.06 bits per heavy atom. The van der Waals surface area contributed by atoms with Crippen LogP contribution < -0.4 is 5.32 Å². The fraction of sp³-hybridized carbons (Fsp3) is 0.692. The number of hydrogen-bond acceptors (Lipinski definition) is 2.